The Balaban J connectivity index is 0.000000934. The molecule has 2 aliphatic heterocycles. The van der Waals surface area contributed by atoms with Crippen molar-refractivity contribution >= 4 is 27.6 Å². The van der Waals surface area contributed by atoms with Crippen molar-refractivity contribution in [3.8, 4) is 11.1 Å². The summed E-state index contributed by atoms with van der Waals surface area (Å²) in [6, 6.07) is 11.8. The molecule has 2 fully saturated rings. The first-order valence-corrected chi connectivity index (χ1v) is 15.5. The third kappa shape index (κ3) is 7.06. The molecule has 0 saturated carbocycles. The molecule has 2 heterocycles. The van der Waals surface area contributed by atoms with Gasteiger partial charge in [0.25, 0.3) is 0 Å². The lowest BCUT2D eigenvalue weighted by molar-refractivity contribution is 0.460. The van der Waals surface area contributed by atoms with E-state index in [4.69, 9.17) is 16.8 Å². The maximum absolute atomic E-state index is 13.6. The third-order valence-electron chi connectivity index (χ3n) is 7.16. The molecule has 0 bridgehead atoms. The van der Waals surface area contributed by atoms with Crippen LogP contribution in [0.25, 0.3) is 11.1 Å². The Morgan fingerprint density at radius 3 is 2.11 bits per heavy atom. The summed E-state index contributed by atoms with van der Waals surface area (Å²) in [7, 11) is -1.68. The van der Waals surface area contributed by atoms with Gasteiger partial charge in [-0.05, 0) is 106 Å². The van der Waals surface area contributed by atoms with Crippen LogP contribution in [0.2, 0.25) is 0 Å². The fraction of sp³-hybridized carbons (Fsp3) is 0.500. The smallest absolute Gasteiger partial charge is 0.182 e. The van der Waals surface area contributed by atoms with Crippen LogP contribution in [0, 0.1) is 0 Å². The normalized spacial score (nSPS) is 17.5. The molecule has 0 unspecified atom stereocenters. The van der Waals surface area contributed by atoms with Crippen LogP contribution in [0.4, 0.5) is 0 Å². The van der Waals surface area contributed by atoms with E-state index in [1.54, 1.807) is 12.1 Å². The summed E-state index contributed by atoms with van der Waals surface area (Å²) >= 11 is 0.873. The molecule has 10 N–H and O–H groups in total. The average Bonchev–Trinajstić information content (AvgIpc) is 2.98. The van der Waals surface area contributed by atoms with Gasteiger partial charge in [-0.25, -0.2) is 14.3 Å². The molecular weight excluding hydrogens is 520 g/mol. The molecule has 38 heavy (non-hydrogen) atoms. The van der Waals surface area contributed by atoms with Crippen LogP contribution in [-0.2, 0) is 9.84 Å². The number of rotatable bonds is 7. The van der Waals surface area contributed by atoms with E-state index in [2.05, 4.69) is 45.5 Å². The minimum absolute atomic E-state index is 0.174. The minimum atomic E-state index is -3.61. The molecule has 10 nitrogen and oxygen atoms in total. The van der Waals surface area contributed by atoms with Crippen molar-refractivity contribution in [2.75, 3.05) is 39.8 Å². The number of sulfone groups is 1. The lowest BCUT2D eigenvalue weighted by Crippen LogP contribution is -2.36. The number of nitrogens with two attached hydrogens (primary N) is 3. The van der Waals surface area contributed by atoms with Crippen molar-refractivity contribution in [2.24, 2.45) is 21.9 Å². The second-order valence-electron chi connectivity index (χ2n) is 9.40. The number of hydrogen-bond donors (Lipinski definition) is 7. The van der Waals surface area contributed by atoms with Gasteiger partial charge in [-0.1, -0.05) is 37.3 Å². The van der Waals surface area contributed by atoms with Crippen molar-refractivity contribution in [1.29, 1.82) is 0 Å². The molecule has 2 aliphatic rings. The molecule has 2 aromatic rings. The molecular formula is C26H42N8O2S2. The summed E-state index contributed by atoms with van der Waals surface area (Å²) < 4.78 is 27.1. The third-order valence-corrected chi connectivity index (χ3v) is 10.3. The van der Waals surface area contributed by atoms with Crippen LogP contribution in [0.5, 0.6) is 0 Å². The van der Waals surface area contributed by atoms with Gasteiger partial charge in [0.05, 0.1) is 15.0 Å². The zero-order valence-electron chi connectivity index (χ0n) is 22.3. The van der Waals surface area contributed by atoms with Crippen LogP contribution in [-0.4, -0.2) is 59.3 Å². The summed E-state index contributed by atoms with van der Waals surface area (Å²) in [6.07, 6.45) is 3.34. The van der Waals surface area contributed by atoms with Gasteiger partial charge in [0.15, 0.2) is 15.7 Å². The van der Waals surface area contributed by atoms with Gasteiger partial charge in [0, 0.05) is 5.56 Å². The Kier molecular flexibility index (Phi) is 11.8. The summed E-state index contributed by atoms with van der Waals surface area (Å²) in [5.74, 6) is 12.1. The second kappa shape index (κ2) is 14.8. The van der Waals surface area contributed by atoms with Crippen molar-refractivity contribution in [2.45, 2.75) is 53.6 Å². The molecule has 0 atom stereocenters. The maximum atomic E-state index is 13.6. The van der Waals surface area contributed by atoms with E-state index in [1.807, 2.05) is 19.2 Å². The number of benzene rings is 2. The molecule has 210 valence electrons. The highest BCUT2D eigenvalue weighted by molar-refractivity contribution is 7.98. The topological polar surface area (TPSA) is 173 Å². The minimum Gasteiger partial charge on any atom is -0.321 e. The highest BCUT2D eigenvalue weighted by Crippen LogP contribution is 2.38. The van der Waals surface area contributed by atoms with Crippen molar-refractivity contribution < 1.29 is 8.42 Å². The van der Waals surface area contributed by atoms with E-state index >= 15 is 0 Å². The Labute approximate surface area is 231 Å². The molecule has 12 heteroatoms. The predicted octanol–water partition coefficient (Wildman–Crippen LogP) is 1.62. The molecule has 0 radical (unpaired) electrons. The van der Waals surface area contributed by atoms with Crippen molar-refractivity contribution in [3.63, 3.8) is 0 Å². The van der Waals surface area contributed by atoms with Gasteiger partial charge in [-0.3, -0.25) is 5.14 Å². The zero-order chi connectivity index (χ0) is 27.5. The van der Waals surface area contributed by atoms with Crippen molar-refractivity contribution in [1.82, 2.24) is 21.4 Å². The highest BCUT2D eigenvalue weighted by Gasteiger charge is 2.33. The van der Waals surface area contributed by atoms with Crippen LogP contribution in [0.15, 0.2) is 51.3 Å². The first kappa shape index (κ1) is 30.4. The van der Waals surface area contributed by atoms with E-state index in [0.29, 0.717) is 42.3 Å². The quantitative estimate of drug-likeness (QED) is 0.0864. The fourth-order valence-electron chi connectivity index (χ4n) is 4.93. The van der Waals surface area contributed by atoms with Gasteiger partial charge in [0.2, 0.25) is 0 Å². The number of nitrogens with one attached hydrogen (secondary N) is 4. The number of amidine groups is 1. The largest absolute Gasteiger partial charge is 0.321 e. The van der Waals surface area contributed by atoms with Gasteiger partial charge in [-0.2, -0.15) is 5.10 Å². The van der Waals surface area contributed by atoms with Crippen LogP contribution >= 0.6 is 11.9 Å². The Hall–Kier alpha value is -2.19. The monoisotopic (exact) mass is 562 g/mol. The average molecular weight is 563 g/mol. The standard InChI is InChI=1S/C23H33N7O2S2.C3H9N/c24-29-23(30-25)21-19(17-3-1-15(2-4-17)16-7-11-27-12-8-16)5-6-20(22(21)33-26)34(31,32)18-9-13-28-14-10-18;1-3-4-2/h1-6,16,18,27-28H,7-14,24-26H2,(H,29,30);4H,3H2,1-2H3. The van der Waals surface area contributed by atoms with Crippen LogP contribution in [0.3, 0.4) is 0 Å². The van der Waals surface area contributed by atoms with E-state index in [0.717, 1.165) is 55.6 Å². The molecule has 0 aliphatic carbocycles. The predicted molar refractivity (Wildman–Crippen MR) is 157 cm³/mol. The Morgan fingerprint density at radius 2 is 1.61 bits per heavy atom. The second-order valence-corrected chi connectivity index (χ2v) is 12.2. The van der Waals surface area contributed by atoms with E-state index in [9.17, 15) is 8.42 Å². The Morgan fingerprint density at radius 1 is 1.03 bits per heavy atom. The van der Waals surface area contributed by atoms with E-state index in [-0.39, 0.29) is 10.7 Å². The zero-order valence-corrected chi connectivity index (χ0v) is 23.9. The number of hydrogen-bond acceptors (Lipinski definition) is 10. The summed E-state index contributed by atoms with van der Waals surface area (Å²) in [4.78, 5) is 0.578. The summed E-state index contributed by atoms with van der Waals surface area (Å²) in [5, 5.41) is 18.9. The van der Waals surface area contributed by atoms with Crippen LogP contribution in [0.1, 0.15) is 49.7 Å². The van der Waals surface area contributed by atoms with Gasteiger partial charge in [-0.15, -0.1) is 0 Å². The van der Waals surface area contributed by atoms with Crippen molar-refractivity contribution in [3.05, 3.63) is 47.5 Å². The lowest BCUT2D eigenvalue weighted by Gasteiger charge is -2.25. The first-order chi connectivity index (χ1) is 18.4. The SMILES string of the molecule is CCNC.N/N=C(\NN)c1c(-c2ccc(C3CCNCC3)cc2)ccc(S(=O)(=O)C2CCNCC2)c1SN. The fourth-order valence-corrected chi connectivity index (χ4v) is 7.76. The molecule has 0 spiro atoms. The molecule has 0 amide bonds. The number of hydrazone groups is 1. The van der Waals surface area contributed by atoms with E-state index < -0.39 is 15.1 Å². The molecule has 0 aromatic heterocycles. The maximum Gasteiger partial charge on any atom is 0.182 e. The number of hydrazine groups is 1. The molecule has 2 saturated heterocycles. The highest BCUT2D eigenvalue weighted by atomic mass is 32.2. The summed E-state index contributed by atoms with van der Waals surface area (Å²) in [6.45, 7) is 6.53. The van der Waals surface area contributed by atoms with Gasteiger partial charge >= 0.3 is 0 Å². The number of piperidine rings is 2. The Bertz CT molecular complexity index is 1160. The summed E-state index contributed by atoms with van der Waals surface area (Å²) in [5.41, 5.74) is 5.98. The number of nitrogens with zero attached hydrogens (tertiary/aromatic N) is 1. The van der Waals surface area contributed by atoms with Gasteiger partial charge < -0.3 is 27.2 Å². The van der Waals surface area contributed by atoms with Crippen LogP contribution < -0.4 is 38.2 Å². The molecule has 4 rings (SSSR count). The molecule has 2 aromatic carbocycles. The lowest BCUT2D eigenvalue weighted by atomic mass is 9.88. The van der Waals surface area contributed by atoms with Gasteiger partial charge in [0.1, 0.15) is 0 Å². The van der Waals surface area contributed by atoms with E-state index in [1.165, 1.54) is 5.56 Å². The first-order valence-electron chi connectivity index (χ1n) is 13.1.